The van der Waals surface area contributed by atoms with Gasteiger partial charge in [0.1, 0.15) is 0 Å². The summed E-state index contributed by atoms with van der Waals surface area (Å²) in [5, 5.41) is 10.9. The lowest BCUT2D eigenvalue weighted by Gasteiger charge is -2.12. The zero-order valence-corrected chi connectivity index (χ0v) is 10.6. The van der Waals surface area contributed by atoms with Crippen molar-refractivity contribution in [3.05, 3.63) is 59.7 Å². The van der Waals surface area contributed by atoms with E-state index in [9.17, 15) is 10.1 Å². The highest BCUT2D eigenvalue weighted by Gasteiger charge is 2.18. The molecule has 0 heterocycles. The summed E-state index contributed by atoms with van der Waals surface area (Å²) in [4.78, 5) is 12.0. The van der Waals surface area contributed by atoms with Gasteiger partial charge in [0.2, 0.25) is 0 Å². The predicted octanol–water partition coefficient (Wildman–Crippen LogP) is 3.23. The van der Waals surface area contributed by atoms with Gasteiger partial charge in [0.15, 0.2) is 0 Å². The molecule has 94 valence electrons. The topological polar surface area (TPSA) is 50.1 Å². The first-order chi connectivity index (χ1) is 9.22. The highest BCUT2D eigenvalue weighted by molar-refractivity contribution is 6.06. The van der Waals surface area contributed by atoms with Crippen molar-refractivity contribution in [1.29, 1.82) is 5.26 Å². The average Bonchev–Trinajstić information content (AvgIpc) is 2.46. The molecule has 0 atom stereocenters. The summed E-state index contributed by atoms with van der Waals surface area (Å²) in [5.41, 5.74) is 1.61. The molecule has 0 saturated heterocycles. The smallest absolute Gasteiger partial charge is 0.338 e. The summed E-state index contributed by atoms with van der Waals surface area (Å²) in [5.74, 6) is -0.426. The van der Waals surface area contributed by atoms with E-state index in [2.05, 4.69) is 12.6 Å². The second-order valence-corrected chi connectivity index (χ2v) is 4.10. The standard InChI is InChI=1S/C16H13NO2/c1-3-6-13-12(10-17)9-11-7-4-5-8-14(11)15(13)16(18)19-2/h3-5,7-9H,1,6H2,2H3. The van der Waals surface area contributed by atoms with E-state index in [1.165, 1.54) is 7.11 Å². The fraction of sp³-hybridized carbons (Fsp3) is 0.125. The lowest BCUT2D eigenvalue weighted by molar-refractivity contribution is 0.0602. The number of carbonyl (C=O) groups is 1. The van der Waals surface area contributed by atoms with Gasteiger partial charge in [0.05, 0.1) is 24.3 Å². The monoisotopic (exact) mass is 251 g/mol. The molecule has 0 unspecified atom stereocenters. The summed E-state index contributed by atoms with van der Waals surface area (Å²) in [6.07, 6.45) is 2.13. The van der Waals surface area contributed by atoms with Crippen LogP contribution in [0.2, 0.25) is 0 Å². The van der Waals surface area contributed by atoms with Crippen LogP contribution in [0.1, 0.15) is 21.5 Å². The molecule has 2 aromatic carbocycles. The Kier molecular flexibility index (Phi) is 3.63. The van der Waals surface area contributed by atoms with E-state index >= 15 is 0 Å². The van der Waals surface area contributed by atoms with Gasteiger partial charge in [0, 0.05) is 0 Å². The van der Waals surface area contributed by atoms with Crippen LogP contribution in [-0.4, -0.2) is 13.1 Å². The fourth-order valence-electron chi connectivity index (χ4n) is 2.18. The second-order valence-electron chi connectivity index (χ2n) is 4.10. The number of ether oxygens (including phenoxy) is 1. The minimum Gasteiger partial charge on any atom is -0.465 e. The Hall–Kier alpha value is -2.60. The second kappa shape index (κ2) is 5.36. The van der Waals surface area contributed by atoms with Gasteiger partial charge in [-0.05, 0) is 28.8 Å². The van der Waals surface area contributed by atoms with Crippen LogP contribution in [0.3, 0.4) is 0 Å². The number of allylic oxidation sites excluding steroid dienone is 1. The zero-order chi connectivity index (χ0) is 13.8. The first kappa shape index (κ1) is 12.8. The van der Waals surface area contributed by atoms with Crippen molar-refractivity contribution < 1.29 is 9.53 Å². The van der Waals surface area contributed by atoms with E-state index in [0.29, 0.717) is 23.1 Å². The quantitative estimate of drug-likeness (QED) is 0.621. The minimum absolute atomic E-state index is 0.426. The van der Waals surface area contributed by atoms with Gasteiger partial charge in [-0.2, -0.15) is 5.26 Å². The van der Waals surface area contributed by atoms with E-state index in [1.54, 1.807) is 12.1 Å². The van der Waals surface area contributed by atoms with Crippen LogP contribution in [0.25, 0.3) is 10.8 Å². The van der Waals surface area contributed by atoms with Gasteiger partial charge in [-0.1, -0.05) is 30.3 Å². The number of hydrogen-bond acceptors (Lipinski definition) is 3. The van der Waals surface area contributed by atoms with Gasteiger partial charge < -0.3 is 4.74 Å². The Morgan fingerprint density at radius 1 is 1.47 bits per heavy atom. The largest absolute Gasteiger partial charge is 0.465 e. The van der Waals surface area contributed by atoms with Crippen molar-refractivity contribution in [2.24, 2.45) is 0 Å². The molecule has 2 rings (SSSR count). The maximum atomic E-state index is 12.0. The number of esters is 1. The molecule has 0 aromatic heterocycles. The normalized spacial score (nSPS) is 9.89. The maximum Gasteiger partial charge on any atom is 0.338 e. The first-order valence-corrected chi connectivity index (χ1v) is 5.86. The van der Waals surface area contributed by atoms with E-state index in [0.717, 1.165) is 10.8 Å². The van der Waals surface area contributed by atoms with Crippen molar-refractivity contribution in [3.8, 4) is 6.07 Å². The van der Waals surface area contributed by atoms with Crippen LogP contribution in [-0.2, 0) is 11.2 Å². The Morgan fingerprint density at radius 2 is 2.21 bits per heavy atom. The number of hydrogen-bond donors (Lipinski definition) is 0. The van der Waals surface area contributed by atoms with Gasteiger partial charge >= 0.3 is 5.97 Å². The summed E-state index contributed by atoms with van der Waals surface area (Å²) in [6.45, 7) is 3.68. The lowest BCUT2D eigenvalue weighted by atomic mass is 9.92. The van der Waals surface area contributed by atoms with Crippen LogP contribution in [0, 0.1) is 11.3 Å². The summed E-state index contributed by atoms with van der Waals surface area (Å²) < 4.78 is 4.85. The van der Waals surface area contributed by atoms with Crippen molar-refractivity contribution in [3.63, 3.8) is 0 Å². The van der Waals surface area contributed by atoms with Crippen LogP contribution in [0.5, 0.6) is 0 Å². The molecule has 3 heteroatoms. The molecule has 3 nitrogen and oxygen atoms in total. The van der Waals surface area contributed by atoms with Crippen molar-refractivity contribution >= 4 is 16.7 Å². The molecule has 0 aliphatic heterocycles. The minimum atomic E-state index is -0.426. The SMILES string of the molecule is C=CCc1c(C#N)cc2ccccc2c1C(=O)OC. The molecule has 0 spiro atoms. The maximum absolute atomic E-state index is 12.0. The summed E-state index contributed by atoms with van der Waals surface area (Å²) in [6, 6.07) is 11.4. The number of nitriles is 1. The average molecular weight is 251 g/mol. The molecule has 2 aromatic rings. The fourth-order valence-corrected chi connectivity index (χ4v) is 2.18. The Balaban J connectivity index is 2.90. The zero-order valence-electron chi connectivity index (χ0n) is 10.6. The number of fused-ring (bicyclic) bond motifs is 1. The Morgan fingerprint density at radius 3 is 2.84 bits per heavy atom. The number of rotatable bonds is 3. The van der Waals surface area contributed by atoms with Crippen molar-refractivity contribution in [1.82, 2.24) is 0 Å². The molecule has 0 saturated carbocycles. The highest BCUT2D eigenvalue weighted by Crippen LogP contribution is 2.27. The molecular weight excluding hydrogens is 238 g/mol. The summed E-state index contributed by atoms with van der Waals surface area (Å²) in [7, 11) is 1.34. The lowest BCUT2D eigenvalue weighted by Crippen LogP contribution is -2.08. The van der Waals surface area contributed by atoms with Crippen molar-refractivity contribution in [2.75, 3.05) is 7.11 Å². The molecule has 0 amide bonds. The van der Waals surface area contributed by atoms with Gasteiger partial charge in [-0.25, -0.2) is 4.79 Å². The third-order valence-corrected chi connectivity index (χ3v) is 3.02. The summed E-state index contributed by atoms with van der Waals surface area (Å²) >= 11 is 0. The Labute approximate surface area is 111 Å². The number of nitrogens with zero attached hydrogens (tertiary/aromatic N) is 1. The predicted molar refractivity (Wildman–Crippen MR) is 73.9 cm³/mol. The van der Waals surface area contributed by atoms with E-state index in [4.69, 9.17) is 4.74 Å². The Bertz CT molecular complexity index is 696. The number of benzene rings is 2. The molecule has 19 heavy (non-hydrogen) atoms. The van der Waals surface area contributed by atoms with Crippen LogP contribution in [0.4, 0.5) is 0 Å². The van der Waals surface area contributed by atoms with E-state index in [-0.39, 0.29) is 0 Å². The van der Waals surface area contributed by atoms with Crippen LogP contribution in [0.15, 0.2) is 43.0 Å². The van der Waals surface area contributed by atoms with Crippen LogP contribution < -0.4 is 0 Å². The van der Waals surface area contributed by atoms with E-state index in [1.807, 2.05) is 24.3 Å². The van der Waals surface area contributed by atoms with Crippen molar-refractivity contribution in [2.45, 2.75) is 6.42 Å². The number of methoxy groups -OCH3 is 1. The number of carbonyl (C=O) groups excluding carboxylic acids is 1. The van der Waals surface area contributed by atoms with Gasteiger partial charge in [-0.3, -0.25) is 0 Å². The van der Waals surface area contributed by atoms with Gasteiger partial charge in [0.25, 0.3) is 0 Å². The molecule has 0 aliphatic rings. The molecule has 0 radical (unpaired) electrons. The molecule has 0 aliphatic carbocycles. The van der Waals surface area contributed by atoms with Crippen LogP contribution >= 0.6 is 0 Å². The molecular formula is C16H13NO2. The third-order valence-electron chi connectivity index (χ3n) is 3.02. The van der Waals surface area contributed by atoms with E-state index < -0.39 is 5.97 Å². The molecule has 0 N–H and O–H groups in total. The molecule has 0 fully saturated rings. The first-order valence-electron chi connectivity index (χ1n) is 5.86. The molecule has 0 bridgehead atoms. The van der Waals surface area contributed by atoms with Gasteiger partial charge in [-0.15, -0.1) is 6.58 Å². The third kappa shape index (κ3) is 2.21. The highest BCUT2D eigenvalue weighted by atomic mass is 16.5.